The fourth-order valence-corrected chi connectivity index (χ4v) is 1.95. The minimum absolute atomic E-state index is 0. The van der Waals surface area contributed by atoms with Gasteiger partial charge in [-0.05, 0) is 18.6 Å². The van der Waals surface area contributed by atoms with Gasteiger partial charge in [0.15, 0.2) is 0 Å². The molecule has 0 saturated carbocycles. The minimum atomic E-state index is -0.605. The Balaban J connectivity index is 0.00000256. The van der Waals surface area contributed by atoms with Crippen LogP contribution >= 0.6 is 28.3 Å². The Morgan fingerprint density at radius 1 is 1.41 bits per heavy atom. The number of aromatic hydroxyl groups is 1. The Morgan fingerprint density at radius 3 is 2.59 bits per heavy atom. The molecule has 0 aliphatic rings. The zero-order chi connectivity index (χ0) is 12.1. The van der Waals surface area contributed by atoms with Crippen molar-refractivity contribution in [2.45, 2.75) is 38.3 Å². The molecule has 4 N–H and O–H groups in total. The fraction of sp³-hybridized carbons (Fsp3) is 0.500. The summed E-state index contributed by atoms with van der Waals surface area (Å²) in [6, 6.07) is 4.60. The standard InChI is InChI=1S/C12H18BrNO2.ClH/c1-2-3-4-10(15)12(14)9-6-5-8(13)7-11(9)16;/h5-7,10,12,15-16H,2-4,14H2,1H3;1H/t10-,12+;/m0./s1. The summed E-state index contributed by atoms with van der Waals surface area (Å²) in [5.41, 5.74) is 6.49. The summed E-state index contributed by atoms with van der Waals surface area (Å²) >= 11 is 3.26. The Labute approximate surface area is 117 Å². The Morgan fingerprint density at radius 2 is 2.06 bits per heavy atom. The number of nitrogens with two attached hydrogens (primary N) is 1. The molecule has 2 atom stereocenters. The van der Waals surface area contributed by atoms with Crippen molar-refractivity contribution in [1.29, 1.82) is 0 Å². The van der Waals surface area contributed by atoms with Crippen LogP contribution in [-0.2, 0) is 0 Å². The maximum absolute atomic E-state index is 9.85. The van der Waals surface area contributed by atoms with Crippen LogP contribution in [0.1, 0.15) is 37.8 Å². The summed E-state index contributed by atoms with van der Waals surface area (Å²) in [7, 11) is 0. The van der Waals surface area contributed by atoms with Gasteiger partial charge in [0.1, 0.15) is 5.75 Å². The highest BCUT2D eigenvalue weighted by atomic mass is 79.9. The van der Waals surface area contributed by atoms with Crippen LogP contribution in [0.4, 0.5) is 0 Å². The van der Waals surface area contributed by atoms with Crippen molar-refractivity contribution >= 4 is 28.3 Å². The third-order valence-electron chi connectivity index (χ3n) is 2.62. The fourth-order valence-electron chi connectivity index (χ4n) is 1.60. The number of unbranched alkanes of at least 4 members (excludes halogenated alkanes) is 1. The van der Waals surface area contributed by atoms with Gasteiger partial charge in [-0.25, -0.2) is 0 Å². The predicted molar refractivity (Wildman–Crippen MR) is 75.5 cm³/mol. The van der Waals surface area contributed by atoms with E-state index in [-0.39, 0.29) is 18.2 Å². The first-order valence-corrected chi connectivity index (χ1v) is 6.27. The Hall–Kier alpha value is -0.290. The normalized spacial score (nSPS) is 13.9. The lowest BCUT2D eigenvalue weighted by Crippen LogP contribution is -2.26. The summed E-state index contributed by atoms with van der Waals surface area (Å²) in [5.74, 6) is 0.123. The van der Waals surface area contributed by atoms with E-state index < -0.39 is 12.1 Å². The van der Waals surface area contributed by atoms with Crippen LogP contribution in [0.3, 0.4) is 0 Å². The quantitative estimate of drug-likeness (QED) is 0.779. The van der Waals surface area contributed by atoms with Crippen molar-refractivity contribution < 1.29 is 10.2 Å². The number of aliphatic hydroxyl groups excluding tert-OH is 1. The van der Waals surface area contributed by atoms with Crippen LogP contribution in [0.15, 0.2) is 22.7 Å². The van der Waals surface area contributed by atoms with Gasteiger partial charge in [0.05, 0.1) is 12.1 Å². The molecule has 1 aromatic carbocycles. The highest BCUT2D eigenvalue weighted by molar-refractivity contribution is 9.10. The van der Waals surface area contributed by atoms with E-state index in [1.165, 1.54) is 0 Å². The Kier molecular flexibility index (Phi) is 7.79. The molecule has 5 heteroatoms. The van der Waals surface area contributed by atoms with E-state index in [0.29, 0.717) is 12.0 Å². The van der Waals surface area contributed by atoms with E-state index >= 15 is 0 Å². The number of phenolic OH excluding ortho intramolecular Hbond substituents is 1. The number of rotatable bonds is 5. The predicted octanol–water partition coefficient (Wildman–Crippen LogP) is 3.13. The van der Waals surface area contributed by atoms with Gasteiger partial charge < -0.3 is 15.9 Å². The molecular weight excluding hydrogens is 305 g/mol. The van der Waals surface area contributed by atoms with Crippen LogP contribution in [0, 0.1) is 0 Å². The molecule has 0 aliphatic heterocycles. The second kappa shape index (κ2) is 7.93. The molecule has 0 amide bonds. The molecule has 0 heterocycles. The second-order valence-electron chi connectivity index (χ2n) is 3.94. The van der Waals surface area contributed by atoms with Crippen molar-refractivity contribution in [3.8, 4) is 5.75 Å². The topological polar surface area (TPSA) is 66.5 Å². The summed E-state index contributed by atoms with van der Waals surface area (Å²) < 4.78 is 0.795. The number of benzene rings is 1. The maximum Gasteiger partial charge on any atom is 0.121 e. The number of halogens is 2. The largest absolute Gasteiger partial charge is 0.508 e. The summed E-state index contributed by atoms with van der Waals surface area (Å²) in [6.07, 6.45) is 2.02. The van der Waals surface area contributed by atoms with Gasteiger partial charge in [-0.2, -0.15) is 0 Å². The van der Waals surface area contributed by atoms with E-state index in [1.54, 1.807) is 18.2 Å². The lowest BCUT2D eigenvalue weighted by atomic mass is 9.98. The summed E-state index contributed by atoms with van der Waals surface area (Å²) in [4.78, 5) is 0. The van der Waals surface area contributed by atoms with Gasteiger partial charge in [0.2, 0.25) is 0 Å². The first kappa shape index (κ1) is 16.7. The molecule has 0 aliphatic carbocycles. The van der Waals surface area contributed by atoms with Gasteiger partial charge in [0.25, 0.3) is 0 Å². The molecule has 17 heavy (non-hydrogen) atoms. The van der Waals surface area contributed by atoms with Crippen LogP contribution in [0.25, 0.3) is 0 Å². The summed E-state index contributed by atoms with van der Waals surface area (Å²) in [6.45, 7) is 2.06. The van der Waals surface area contributed by atoms with Crippen LogP contribution in [0.2, 0.25) is 0 Å². The minimum Gasteiger partial charge on any atom is -0.508 e. The highest BCUT2D eigenvalue weighted by Gasteiger charge is 2.19. The molecule has 3 nitrogen and oxygen atoms in total. The molecule has 0 unspecified atom stereocenters. The highest BCUT2D eigenvalue weighted by Crippen LogP contribution is 2.29. The number of hydrogen-bond donors (Lipinski definition) is 3. The SMILES string of the molecule is CCCC[C@H](O)[C@H](N)c1ccc(Br)cc1O.Cl. The van der Waals surface area contributed by atoms with Crippen LogP contribution < -0.4 is 5.73 Å². The molecule has 0 bridgehead atoms. The van der Waals surface area contributed by atoms with Crippen molar-refractivity contribution in [2.75, 3.05) is 0 Å². The number of aliphatic hydroxyl groups is 1. The lowest BCUT2D eigenvalue weighted by molar-refractivity contribution is 0.131. The average Bonchev–Trinajstić information content (AvgIpc) is 2.25. The van der Waals surface area contributed by atoms with Crippen molar-refractivity contribution in [1.82, 2.24) is 0 Å². The van der Waals surface area contributed by atoms with Crippen LogP contribution in [0.5, 0.6) is 5.75 Å². The number of hydrogen-bond acceptors (Lipinski definition) is 3. The first-order valence-electron chi connectivity index (χ1n) is 5.48. The van der Waals surface area contributed by atoms with E-state index in [1.807, 2.05) is 0 Å². The molecule has 0 radical (unpaired) electrons. The molecule has 98 valence electrons. The van der Waals surface area contributed by atoms with E-state index in [4.69, 9.17) is 5.73 Å². The van der Waals surface area contributed by atoms with Gasteiger partial charge in [-0.3, -0.25) is 0 Å². The average molecular weight is 325 g/mol. The van der Waals surface area contributed by atoms with Gasteiger partial charge >= 0.3 is 0 Å². The molecular formula is C12H19BrClNO2. The van der Waals surface area contributed by atoms with Gasteiger partial charge in [0, 0.05) is 10.0 Å². The van der Waals surface area contributed by atoms with Crippen molar-refractivity contribution in [3.63, 3.8) is 0 Å². The van der Waals surface area contributed by atoms with Gasteiger partial charge in [-0.15, -0.1) is 12.4 Å². The van der Waals surface area contributed by atoms with Gasteiger partial charge in [-0.1, -0.05) is 41.8 Å². The lowest BCUT2D eigenvalue weighted by Gasteiger charge is -2.20. The monoisotopic (exact) mass is 323 g/mol. The molecule has 0 saturated heterocycles. The van der Waals surface area contributed by atoms with Crippen molar-refractivity contribution in [3.05, 3.63) is 28.2 Å². The Bertz CT molecular complexity index is 349. The maximum atomic E-state index is 9.85. The zero-order valence-electron chi connectivity index (χ0n) is 9.77. The molecule has 1 rings (SSSR count). The number of phenols is 1. The molecule has 0 fully saturated rings. The van der Waals surface area contributed by atoms with E-state index in [2.05, 4.69) is 22.9 Å². The second-order valence-corrected chi connectivity index (χ2v) is 4.85. The van der Waals surface area contributed by atoms with Crippen molar-refractivity contribution in [2.24, 2.45) is 5.73 Å². The first-order chi connectivity index (χ1) is 7.56. The van der Waals surface area contributed by atoms with E-state index in [0.717, 1.165) is 17.3 Å². The smallest absolute Gasteiger partial charge is 0.121 e. The third-order valence-corrected chi connectivity index (χ3v) is 3.11. The molecule has 1 aromatic rings. The molecule has 0 spiro atoms. The van der Waals surface area contributed by atoms with E-state index in [9.17, 15) is 10.2 Å². The zero-order valence-corrected chi connectivity index (χ0v) is 12.2. The third kappa shape index (κ3) is 4.84. The molecule has 0 aromatic heterocycles. The summed E-state index contributed by atoms with van der Waals surface area (Å²) in [5, 5.41) is 19.6. The van der Waals surface area contributed by atoms with Crippen LogP contribution in [-0.4, -0.2) is 16.3 Å².